The number of aromatic hydroxyl groups is 1. The third-order valence-electron chi connectivity index (χ3n) is 4.97. The maximum atomic E-state index is 11.4. The molecule has 2 unspecified atom stereocenters. The molecule has 0 spiro atoms. The van der Waals surface area contributed by atoms with E-state index in [0.29, 0.717) is 4.88 Å². The van der Waals surface area contributed by atoms with Gasteiger partial charge in [0.1, 0.15) is 11.9 Å². The van der Waals surface area contributed by atoms with Crippen molar-refractivity contribution in [2.75, 3.05) is 0 Å². The van der Waals surface area contributed by atoms with E-state index in [1.165, 1.54) is 11.1 Å². The largest absolute Gasteiger partial charge is 0.494 e. The molecular weight excluding hydrogens is 346 g/mol. The zero-order chi connectivity index (χ0) is 18.1. The van der Waals surface area contributed by atoms with Gasteiger partial charge in [0.25, 0.3) is 0 Å². The Bertz CT molecular complexity index is 961. The van der Waals surface area contributed by atoms with Gasteiger partial charge in [0, 0.05) is 12.3 Å². The van der Waals surface area contributed by atoms with Crippen molar-refractivity contribution >= 4 is 11.3 Å². The van der Waals surface area contributed by atoms with E-state index in [0.717, 1.165) is 41.9 Å². The molecule has 1 aliphatic heterocycles. The first-order chi connectivity index (χ1) is 12.6. The Balaban J connectivity index is 1.52. The fourth-order valence-corrected chi connectivity index (χ4v) is 4.34. The van der Waals surface area contributed by atoms with Gasteiger partial charge in [-0.2, -0.15) is 0 Å². The lowest BCUT2D eigenvalue weighted by molar-refractivity contribution is 0.173. The highest BCUT2D eigenvalue weighted by atomic mass is 32.1. The number of hydrogen-bond donors (Lipinski definition) is 2. The second-order valence-corrected chi connectivity index (χ2v) is 7.80. The Morgan fingerprint density at radius 1 is 1.27 bits per heavy atom. The molecule has 0 radical (unpaired) electrons. The zero-order valence-electron chi connectivity index (χ0n) is 14.6. The second kappa shape index (κ2) is 7.00. The van der Waals surface area contributed by atoms with E-state index in [1.807, 2.05) is 25.1 Å². The minimum atomic E-state index is -0.227. The van der Waals surface area contributed by atoms with Crippen LogP contribution in [0.3, 0.4) is 0 Å². The highest BCUT2D eigenvalue weighted by Gasteiger charge is 2.23. The summed E-state index contributed by atoms with van der Waals surface area (Å²) in [6.07, 6.45) is 3.08. The van der Waals surface area contributed by atoms with Gasteiger partial charge in [0.2, 0.25) is 5.88 Å². The number of fused-ring (bicyclic) bond motifs is 1. The molecule has 3 aromatic rings. The molecule has 0 saturated carbocycles. The molecule has 26 heavy (non-hydrogen) atoms. The van der Waals surface area contributed by atoms with E-state index in [4.69, 9.17) is 4.74 Å². The highest BCUT2D eigenvalue weighted by molar-refractivity contribution is 7.09. The van der Waals surface area contributed by atoms with Crippen molar-refractivity contribution < 1.29 is 9.84 Å². The van der Waals surface area contributed by atoms with Crippen molar-refractivity contribution in [1.82, 2.24) is 4.98 Å². The molecule has 2 atom stereocenters. The van der Waals surface area contributed by atoms with Gasteiger partial charge in [-0.15, -0.1) is 0 Å². The van der Waals surface area contributed by atoms with Gasteiger partial charge >= 0.3 is 4.87 Å². The number of aryl methyl sites for hydroxylation is 1. The van der Waals surface area contributed by atoms with Crippen molar-refractivity contribution in [1.29, 1.82) is 0 Å². The number of H-pyrrole nitrogens is 1. The first-order valence-corrected chi connectivity index (χ1v) is 9.67. The van der Waals surface area contributed by atoms with Crippen molar-refractivity contribution in [2.24, 2.45) is 0 Å². The minimum Gasteiger partial charge on any atom is -0.494 e. The summed E-state index contributed by atoms with van der Waals surface area (Å²) in [5.41, 5.74) is 3.57. The van der Waals surface area contributed by atoms with E-state index in [-0.39, 0.29) is 22.8 Å². The fraction of sp³-hybridized carbons (Fsp3) is 0.286. The minimum absolute atomic E-state index is 0.0237. The van der Waals surface area contributed by atoms with E-state index in [1.54, 1.807) is 0 Å². The number of aromatic amines is 1. The van der Waals surface area contributed by atoms with E-state index in [9.17, 15) is 9.90 Å². The quantitative estimate of drug-likeness (QED) is 0.725. The van der Waals surface area contributed by atoms with Crippen LogP contribution in [0.4, 0.5) is 0 Å². The number of rotatable bonds is 4. The van der Waals surface area contributed by atoms with Crippen LogP contribution in [-0.4, -0.2) is 16.2 Å². The van der Waals surface area contributed by atoms with Crippen LogP contribution in [0.2, 0.25) is 0 Å². The molecule has 1 aliphatic rings. The Morgan fingerprint density at radius 3 is 2.81 bits per heavy atom. The molecule has 0 amide bonds. The normalized spacial score (nSPS) is 17.3. The summed E-state index contributed by atoms with van der Waals surface area (Å²) in [5.74, 6) is 0.885. The van der Waals surface area contributed by atoms with E-state index >= 15 is 0 Å². The summed E-state index contributed by atoms with van der Waals surface area (Å²) in [5, 5.41) is 9.91. The first-order valence-electron chi connectivity index (χ1n) is 8.85. The van der Waals surface area contributed by atoms with Crippen molar-refractivity contribution in [2.45, 2.75) is 38.2 Å². The molecule has 0 aliphatic carbocycles. The lowest BCUT2D eigenvalue weighted by atomic mass is 9.92. The molecule has 0 fully saturated rings. The van der Waals surface area contributed by atoms with Gasteiger partial charge in [0.15, 0.2) is 0 Å². The summed E-state index contributed by atoms with van der Waals surface area (Å²) in [6.45, 7) is 2.00. The average Bonchev–Trinajstić information content (AvgIpc) is 2.99. The second-order valence-electron chi connectivity index (χ2n) is 6.78. The average molecular weight is 367 g/mol. The molecule has 2 aromatic carbocycles. The summed E-state index contributed by atoms with van der Waals surface area (Å²) in [7, 11) is 0. The molecule has 2 heterocycles. The number of aromatic nitrogens is 1. The van der Waals surface area contributed by atoms with Crippen LogP contribution in [-0.2, 0) is 12.8 Å². The van der Waals surface area contributed by atoms with Gasteiger partial charge in [-0.25, -0.2) is 0 Å². The summed E-state index contributed by atoms with van der Waals surface area (Å²) < 4.78 is 6.20. The number of thiazole rings is 1. The lowest BCUT2D eigenvalue weighted by Gasteiger charge is -2.27. The SMILES string of the molecule is CC(c1ccc2c(c1)CCC(Cc1ccccc1)O2)c1sc(=O)[nH]c1O. The number of nitrogens with one attached hydrogen (secondary N) is 1. The van der Waals surface area contributed by atoms with Gasteiger partial charge in [-0.05, 0) is 35.6 Å². The smallest absolute Gasteiger partial charge is 0.307 e. The van der Waals surface area contributed by atoms with Crippen LogP contribution < -0.4 is 9.61 Å². The fourth-order valence-electron chi connectivity index (χ4n) is 3.53. The predicted molar refractivity (Wildman–Crippen MR) is 103 cm³/mol. The molecule has 0 bridgehead atoms. The van der Waals surface area contributed by atoms with E-state index < -0.39 is 0 Å². The standard InChI is InChI=1S/C21H21NO3S/c1-13(19-20(23)22-21(24)26-19)15-8-10-18-16(12-15)7-9-17(25-18)11-14-5-3-2-4-6-14/h2-6,8,10,12-13,17,23H,7,9,11H2,1H3,(H,22,24). The maximum Gasteiger partial charge on any atom is 0.307 e. The molecule has 0 saturated heterocycles. The van der Waals surface area contributed by atoms with Crippen LogP contribution in [0.25, 0.3) is 0 Å². The molecule has 4 rings (SSSR count). The topological polar surface area (TPSA) is 62.3 Å². The van der Waals surface area contributed by atoms with Crippen molar-refractivity contribution in [3.05, 3.63) is 79.8 Å². The van der Waals surface area contributed by atoms with Crippen LogP contribution in [0.5, 0.6) is 11.6 Å². The molecule has 4 nitrogen and oxygen atoms in total. The van der Waals surface area contributed by atoms with Crippen molar-refractivity contribution in [3.63, 3.8) is 0 Å². The Labute approximate surface area is 156 Å². The number of ether oxygens (including phenoxy) is 1. The number of hydrogen-bond acceptors (Lipinski definition) is 4. The Kier molecular flexibility index (Phi) is 4.55. The lowest BCUT2D eigenvalue weighted by Crippen LogP contribution is -2.25. The summed E-state index contributed by atoms with van der Waals surface area (Å²) >= 11 is 1.06. The van der Waals surface area contributed by atoms with Gasteiger partial charge < -0.3 is 9.84 Å². The summed E-state index contributed by atoms with van der Waals surface area (Å²) in [4.78, 5) is 14.3. The van der Waals surface area contributed by atoms with Crippen LogP contribution in [0, 0.1) is 0 Å². The van der Waals surface area contributed by atoms with Crippen LogP contribution in [0.15, 0.2) is 53.3 Å². The molecule has 134 valence electrons. The third-order valence-corrected chi connectivity index (χ3v) is 6.02. The number of benzene rings is 2. The maximum absolute atomic E-state index is 11.4. The first kappa shape index (κ1) is 16.9. The Hall–Kier alpha value is -2.53. The molecule has 5 heteroatoms. The van der Waals surface area contributed by atoms with Crippen LogP contribution >= 0.6 is 11.3 Å². The molecule has 1 aromatic heterocycles. The van der Waals surface area contributed by atoms with Gasteiger partial charge in [-0.1, -0.05) is 60.7 Å². The van der Waals surface area contributed by atoms with Gasteiger partial charge in [0.05, 0.1) is 4.88 Å². The van der Waals surface area contributed by atoms with Gasteiger partial charge in [-0.3, -0.25) is 9.78 Å². The molecular formula is C21H21NO3S. The van der Waals surface area contributed by atoms with Crippen molar-refractivity contribution in [3.8, 4) is 11.6 Å². The highest BCUT2D eigenvalue weighted by Crippen LogP contribution is 2.36. The summed E-state index contributed by atoms with van der Waals surface area (Å²) in [6, 6.07) is 16.6. The van der Waals surface area contributed by atoms with Crippen LogP contribution in [0.1, 0.15) is 40.8 Å². The predicted octanol–water partition coefficient (Wildman–Crippen LogP) is 4.23. The molecule has 2 N–H and O–H groups in total. The zero-order valence-corrected chi connectivity index (χ0v) is 15.4. The monoisotopic (exact) mass is 367 g/mol. The Morgan fingerprint density at radius 2 is 2.08 bits per heavy atom. The third kappa shape index (κ3) is 3.40. The van der Waals surface area contributed by atoms with E-state index in [2.05, 4.69) is 35.3 Å².